The fourth-order valence-electron chi connectivity index (χ4n) is 1.49. The van der Waals surface area contributed by atoms with Crippen LogP contribution in [0.2, 0.25) is 0 Å². The van der Waals surface area contributed by atoms with Gasteiger partial charge in [0.2, 0.25) is 0 Å². The molecule has 1 rings (SSSR count). The molecule has 1 saturated heterocycles. The maximum absolute atomic E-state index is 11.6. The minimum Gasteiger partial charge on any atom is -0.429 e. The zero-order valence-corrected chi connectivity index (χ0v) is 10.7. The van der Waals surface area contributed by atoms with Crippen molar-refractivity contribution < 1.29 is 19.1 Å². The van der Waals surface area contributed by atoms with Gasteiger partial charge in [-0.3, -0.25) is 4.79 Å². The maximum atomic E-state index is 11.6. The Kier molecular flexibility index (Phi) is 4.78. The van der Waals surface area contributed by atoms with Crippen LogP contribution < -0.4 is 0 Å². The molecule has 1 heterocycles. The number of ether oxygens (including phenoxy) is 2. The topological polar surface area (TPSA) is 55.8 Å². The van der Waals surface area contributed by atoms with E-state index < -0.39 is 11.8 Å². The van der Waals surface area contributed by atoms with E-state index in [-0.39, 0.29) is 12.5 Å². The molecular formula is C12H20NO4. The highest BCUT2D eigenvalue weighted by molar-refractivity contribution is 5.79. The summed E-state index contributed by atoms with van der Waals surface area (Å²) in [7, 11) is 0. The van der Waals surface area contributed by atoms with Crippen LogP contribution in [0.3, 0.4) is 0 Å². The molecule has 17 heavy (non-hydrogen) atoms. The van der Waals surface area contributed by atoms with Gasteiger partial charge >= 0.3 is 6.16 Å². The third-order valence-corrected chi connectivity index (χ3v) is 2.26. The maximum Gasteiger partial charge on any atom is 0.509 e. The summed E-state index contributed by atoms with van der Waals surface area (Å²) in [6, 6.07) is 0. The van der Waals surface area contributed by atoms with E-state index in [1.165, 1.54) is 0 Å². The summed E-state index contributed by atoms with van der Waals surface area (Å²) >= 11 is 0. The summed E-state index contributed by atoms with van der Waals surface area (Å²) in [5, 5.41) is 0. The number of carbonyl (C=O) groups is 2. The predicted octanol–water partition coefficient (Wildman–Crippen LogP) is 1.76. The van der Waals surface area contributed by atoms with Gasteiger partial charge in [0, 0.05) is 13.1 Å². The molecule has 5 nitrogen and oxygen atoms in total. The Balaban J connectivity index is 2.25. The average molecular weight is 242 g/mol. The van der Waals surface area contributed by atoms with Gasteiger partial charge in [0.05, 0.1) is 0 Å². The second kappa shape index (κ2) is 5.89. The largest absolute Gasteiger partial charge is 0.509 e. The lowest BCUT2D eigenvalue weighted by Crippen LogP contribution is -2.39. The number of nitrogens with zero attached hydrogens (tertiary/aromatic N) is 1. The summed E-state index contributed by atoms with van der Waals surface area (Å²) in [5.41, 5.74) is -0.597. The van der Waals surface area contributed by atoms with Gasteiger partial charge in [-0.2, -0.15) is 0 Å². The summed E-state index contributed by atoms with van der Waals surface area (Å²) < 4.78 is 9.71. The first-order chi connectivity index (χ1) is 7.88. The molecule has 1 amide bonds. The number of hydrogen-bond acceptors (Lipinski definition) is 4. The molecule has 1 fully saturated rings. The molecule has 1 radical (unpaired) electrons. The van der Waals surface area contributed by atoms with Crippen molar-refractivity contribution in [1.29, 1.82) is 0 Å². The molecule has 97 valence electrons. The third-order valence-electron chi connectivity index (χ3n) is 2.26. The molecule has 0 saturated carbocycles. The molecule has 0 bridgehead atoms. The van der Waals surface area contributed by atoms with Crippen LogP contribution in [0.25, 0.3) is 0 Å². The normalized spacial score (nSPS) is 16.5. The molecule has 0 aromatic rings. The number of hydrogen-bond donors (Lipinski definition) is 0. The molecule has 0 unspecified atom stereocenters. The van der Waals surface area contributed by atoms with Gasteiger partial charge in [0.1, 0.15) is 5.60 Å². The van der Waals surface area contributed by atoms with Gasteiger partial charge in [-0.15, -0.1) is 0 Å². The van der Waals surface area contributed by atoms with Gasteiger partial charge in [0.15, 0.2) is 6.61 Å². The van der Waals surface area contributed by atoms with Crippen LogP contribution in [-0.2, 0) is 14.3 Å². The van der Waals surface area contributed by atoms with Crippen LogP contribution in [0.1, 0.15) is 33.6 Å². The van der Waals surface area contributed by atoms with Crippen LogP contribution in [0.15, 0.2) is 0 Å². The van der Waals surface area contributed by atoms with Crippen molar-refractivity contribution in [3.63, 3.8) is 0 Å². The van der Waals surface area contributed by atoms with Crippen molar-refractivity contribution in [2.45, 2.75) is 39.2 Å². The monoisotopic (exact) mass is 242 g/mol. The zero-order chi connectivity index (χ0) is 12.9. The number of amides is 1. The van der Waals surface area contributed by atoms with Crippen molar-refractivity contribution in [1.82, 2.24) is 4.90 Å². The minimum atomic E-state index is -0.797. The lowest BCUT2D eigenvalue weighted by atomic mass is 10.1. The Labute approximate surface area is 102 Å². The smallest absolute Gasteiger partial charge is 0.429 e. The SMILES string of the molecule is CC(C)(C)OC(=O)OCC(=O)N1CC[CH]CC1. The van der Waals surface area contributed by atoms with Crippen LogP contribution in [-0.4, -0.2) is 42.3 Å². The third kappa shape index (κ3) is 5.56. The van der Waals surface area contributed by atoms with Gasteiger partial charge in [0.25, 0.3) is 5.91 Å². The van der Waals surface area contributed by atoms with E-state index in [1.54, 1.807) is 25.7 Å². The molecule has 1 aliphatic heterocycles. The van der Waals surface area contributed by atoms with Crippen LogP contribution >= 0.6 is 0 Å². The summed E-state index contributed by atoms with van der Waals surface area (Å²) in [5.74, 6) is -0.163. The second-order valence-electron chi connectivity index (χ2n) is 5.00. The molecule has 0 aliphatic carbocycles. The van der Waals surface area contributed by atoms with E-state index in [4.69, 9.17) is 9.47 Å². The molecule has 0 aromatic heterocycles. The van der Waals surface area contributed by atoms with Crippen LogP contribution in [0.4, 0.5) is 4.79 Å². The standard InChI is InChI=1S/C12H20NO4/c1-12(2,3)17-11(15)16-9-10(14)13-7-5-4-6-8-13/h4H,5-9H2,1-3H3. The minimum absolute atomic E-state index is 0.163. The van der Waals surface area contributed by atoms with Gasteiger partial charge in [-0.05, 0) is 40.0 Å². The number of likely N-dealkylation sites (tertiary alicyclic amines) is 1. The van der Waals surface area contributed by atoms with Gasteiger partial charge in [-0.1, -0.05) is 0 Å². The van der Waals surface area contributed by atoms with Gasteiger partial charge in [-0.25, -0.2) is 4.79 Å². The van der Waals surface area contributed by atoms with Crippen molar-refractivity contribution >= 4 is 12.1 Å². The molecule has 0 N–H and O–H groups in total. The van der Waals surface area contributed by atoms with Crippen molar-refractivity contribution in [2.24, 2.45) is 0 Å². The van der Waals surface area contributed by atoms with Crippen molar-refractivity contribution in [2.75, 3.05) is 19.7 Å². The van der Waals surface area contributed by atoms with E-state index in [0.29, 0.717) is 13.1 Å². The van der Waals surface area contributed by atoms with E-state index in [9.17, 15) is 9.59 Å². The quantitative estimate of drug-likeness (QED) is 0.692. The van der Waals surface area contributed by atoms with E-state index in [1.807, 2.05) is 0 Å². The Hall–Kier alpha value is -1.26. The van der Waals surface area contributed by atoms with Crippen LogP contribution in [0.5, 0.6) is 0 Å². The molecule has 0 atom stereocenters. The number of piperidine rings is 1. The van der Waals surface area contributed by atoms with Crippen LogP contribution in [0, 0.1) is 6.42 Å². The lowest BCUT2D eigenvalue weighted by molar-refractivity contribution is -0.136. The van der Waals surface area contributed by atoms with E-state index in [2.05, 4.69) is 6.42 Å². The summed E-state index contributed by atoms with van der Waals surface area (Å²) in [6.45, 7) is 6.41. The molecule has 0 spiro atoms. The fraction of sp³-hybridized carbons (Fsp3) is 0.750. The van der Waals surface area contributed by atoms with E-state index in [0.717, 1.165) is 12.8 Å². The zero-order valence-electron chi connectivity index (χ0n) is 10.7. The summed E-state index contributed by atoms with van der Waals surface area (Å²) in [6.07, 6.45) is 3.16. The van der Waals surface area contributed by atoms with Crippen molar-refractivity contribution in [3.05, 3.63) is 6.42 Å². The first-order valence-electron chi connectivity index (χ1n) is 5.84. The molecular weight excluding hydrogens is 222 g/mol. The highest BCUT2D eigenvalue weighted by atomic mass is 16.7. The molecule has 0 aromatic carbocycles. The predicted molar refractivity (Wildman–Crippen MR) is 62.3 cm³/mol. The number of rotatable bonds is 2. The highest BCUT2D eigenvalue weighted by Crippen LogP contribution is 2.10. The molecule has 5 heteroatoms. The Morgan fingerprint density at radius 3 is 2.35 bits per heavy atom. The Morgan fingerprint density at radius 1 is 1.24 bits per heavy atom. The second-order valence-corrected chi connectivity index (χ2v) is 5.00. The Morgan fingerprint density at radius 2 is 1.82 bits per heavy atom. The molecule has 1 aliphatic rings. The summed E-state index contributed by atoms with van der Waals surface area (Å²) in [4.78, 5) is 24.6. The van der Waals surface area contributed by atoms with Crippen molar-refractivity contribution in [3.8, 4) is 0 Å². The first kappa shape index (κ1) is 13.8. The lowest BCUT2D eigenvalue weighted by Gasteiger charge is -2.26. The number of carbonyl (C=O) groups excluding carboxylic acids is 2. The first-order valence-corrected chi connectivity index (χ1v) is 5.84. The Bertz CT molecular complexity index is 277. The van der Waals surface area contributed by atoms with E-state index >= 15 is 0 Å². The average Bonchev–Trinajstić information content (AvgIpc) is 2.25. The highest BCUT2D eigenvalue weighted by Gasteiger charge is 2.21. The van der Waals surface area contributed by atoms with Gasteiger partial charge < -0.3 is 14.4 Å². The fourth-order valence-corrected chi connectivity index (χ4v) is 1.49.